The molecule has 2 aromatic carbocycles. The van der Waals surface area contributed by atoms with Crippen LogP contribution in [0.5, 0.6) is 11.5 Å². The number of carbonyl (C=O) groups is 3. The minimum Gasteiger partial charge on any atom is -0.454 e. The molecule has 2 aliphatic rings. The Labute approximate surface area is 200 Å². The van der Waals surface area contributed by atoms with E-state index >= 15 is 0 Å². The first-order chi connectivity index (χ1) is 16.3. The highest BCUT2D eigenvalue weighted by molar-refractivity contribution is 7.10. The molecular weight excluding hydrogens is 454 g/mol. The number of imide groups is 1. The molecule has 3 heterocycles. The molecule has 0 radical (unpaired) electrons. The minimum absolute atomic E-state index is 0.106. The molecule has 1 saturated heterocycles. The molecule has 174 valence electrons. The predicted molar refractivity (Wildman–Crippen MR) is 126 cm³/mol. The third-order valence-electron chi connectivity index (χ3n) is 6.07. The second kappa shape index (κ2) is 8.49. The van der Waals surface area contributed by atoms with Gasteiger partial charge in [0.15, 0.2) is 11.5 Å². The van der Waals surface area contributed by atoms with E-state index in [9.17, 15) is 14.4 Å². The van der Waals surface area contributed by atoms with E-state index in [0.29, 0.717) is 17.1 Å². The van der Waals surface area contributed by atoms with E-state index in [1.807, 2.05) is 48.7 Å². The molecule has 4 amide bonds. The van der Waals surface area contributed by atoms with Crippen molar-refractivity contribution in [3.05, 3.63) is 81.5 Å². The number of benzene rings is 2. The van der Waals surface area contributed by atoms with Gasteiger partial charge >= 0.3 is 6.03 Å². The van der Waals surface area contributed by atoms with E-state index in [4.69, 9.17) is 9.47 Å². The van der Waals surface area contributed by atoms with Gasteiger partial charge in [-0.05, 0) is 48.6 Å². The summed E-state index contributed by atoms with van der Waals surface area (Å²) in [6, 6.07) is 15.8. The normalized spacial score (nSPS) is 19.8. The van der Waals surface area contributed by atoms with Gasteiger partial charge in [0.1, 0.15) is 12.1 Å². The highest BCUT2D eigenvalue weighted by atomic mass is 32.1. The van der Waals surface area contributed by atoms with Crippen LogP contribution in [-0.2, 0) is 15.1 Å². The number of rotatable bonds is 6. The largest absolute Gasteiger partial charge is 0.454 e. The van der Waals surface area contributed by atoms with Crippen molar-refractivity contribution in [2.24, 2.45) is 0 Å². The van der Waals surface area contributed by atoms with E-state index in [0.717, 1.165) is 20.9 Å². The third-order valence-corrected chi connectivity index (χ3v) is 7.01. The average Bonchev–Trinajstić information content (AvgIpc) is 3.56. The zero-order valence-corrected chi connectivity index (χ0v) is 19.5. The van der Waals surface area contributed by atoms with E-state index in [2.05, 4.69) is 10.6 Å². The van der Waals surface area contributed by atoms with Gasteiger partial charge in [0.05, 0.1) is 6.04 Å². The van der Waals surface area contributed by atoms with Crippen LogP contribution in [0.1, 0.15) is 34.5 Å². The maximum Gasteiger partial charge on any atom is 0.325 e. The van der Waals surface area contributed by atoms with Gasteiger partial charge in [0.25, 0.3) is 5.91 Å². The quantitative estimate of drug-likeness (QED) is 0.530. The van der Waals surface area contributed by atoms with Crippen LogP contribution in [0.2, 0.25) is 0 Å². The van der Waals surface area contributed by atoms with Gasteiger partial charge < -0.3 is 20.1 Å². The van der Waals surface area contributed by atoms with Gasteiger partial charge in [-0.25, -0.2) is 4.79 Å². The lowest BCUT2D eigenvalue weighted by Crippen LogP contribution is -2.44. The number of amides is 4. The minimum atomic E-state index is -1.32. The molecular formula is C25H23N3O5S. The number of nitrogens with zero attached hydrogens (tertiary/aromatic N) is 1. The van der Waals surface area contributed by atoms with Crippen molar-refractivity contribution >= 4 is 29.2 Å². The molecule has 8 nitrogen and oxygen atoms in total. The molecule has 0 saturated carbocycles. The molecule has 3 aromatic rings. The lowest BCUT2D eigenvalue weighted by Gasteiger charge is -2.23. The highest BCUT2D eigenvalue weighted by Crippen LogP contribution is 2.38. The van der Waals surface area contributed by atoms with Crippen LogP contribution in [0, 0.1) is 6.92 Å². The summed E-state index contributed by atoms with van der Waals surface area (Å²) < 4.78 is 10.7. The predicted octanol–water partition coefficient (Wildman–Crippen LogP) is 3.46. The number of ether oxygens (including phenoxy) is 2. The number of fused-ring (bicyclic) bond motifs is 1. The highest BCUT2D eigenvalue weighted by Gasteiger charge is 2.50. The Balaban J connectivity index is 1.34. The molecule has 0 aliphatic carbocycles. The smallest absolute Gasteiger partial charge is 0.325 e. The van der Waals surface area contributed by atoms with Crippen LogP contribution in [0.15, 0.2) is 60.0 Å². The summed E-state index contributed by atoms with van der Waals surface area (Å²) in [6.45, 7) is 3.33. The molecule has 2 aliphatic heterocycles. The number of carbonyl (C=O) groups excluding carboxylic acids is 3. The lowest BCUT2D eigenvalue weighted by atomic mass is 9.91. The van der Waals surface area contributed by atoms with Crippen LogP contribution in [0.3, 0.4) is 0 Å². The molecule has 2 atom stereocenters. The monoisotopic (exact) mass is 477 g/mol. The van der Waals surface area contributed by atoms with Crippen molar-refractivity contribution in [3.8, 4) is 11.5 Å². The Morgan fingerprint density at radius 3 is 2.65 bits per heavy atom. The number of thiophene rings is 1. The Hall–Kier alpha value is -3.85. The Morgan fingerprint density at radius 1 is 1.15 bits per heavy atom. The number of nitrogens with one attached hydrogen (secondary N) is 2. The Morgan fingerprint density at radius 2 is 1.91 bits per heavy atom. The summed E-state index contributed by atoms with van der Waals surface area (Å²) >= 11 is 1.53. The van der Waals surface area contributed by atoms with Gasteiger partial charge in [0, 0.05) is 4.88 Å². The zero-order chi connectivity index (χ0) is 23.9. The molecule has 2 N–H and O–H groups in total. The van der Waals surface area contributed by atoms with Crippen molar-refractivity contribution in [1.29, 1.82) is 0 Å². The number of urea groups is 1. The third kappa shape index (κ3) is 3.88. The van der Waals surface area contributed by atoms with E-state index in [1.54, 1.807) is 25.1 Å². The van der Waals surface area contributed by atoms with Crippen molar-refractivity contribution in [2.75, 3.05) is 13.3 Å². The summed E-state index contributed by atoms with van der Waals surface area (Å²) in [6.07, 6.45) is 0. The summed E-state index contributed by atoms with van der Waals surface area (Å²) in [5.41, 5.74) is 1.27. The van der Waals surface area contributed by atoms with Gasteiger partial charge in [-0.3, -0.25) is 14.5 Å². The SMILES string of the molecule is Cc1ccc(C(NC(=O)CN2C(=O)NC(C)(c3ccc4c(c3)OCO4)C2=O)c2cccs2)cc1. The van der Waals surface area contributed by atoms with Crippen LogP contribution >= 0.6 is 11.3 Å². The molecule has 1 fully saturated rings. The molecule has 1 aromatic heterocycles. The molecule has 2 unspecified atom stereocenters. The average molecular weight is 478 g/mol. The fraction of sp³-hybridized carbons (Fsp3) is 0.240. The summed E-state index contributed by atoms with van der Waals surface area (Å²) in [5.74, 6) is 0.150. The summed E-state index contributed by atoms with van der Waals surface area (Å²) in [5, 5.41) is 7.65. The van der Waals surface area contributed by atoms with Gasteiger partial charge in [-0.2, -0.15) is 0 Å². The second-order valence-electron chi connectivity index (χ2n) is 8.44. The number of hydrogen-bond acceptors (Lipinski definition) is 6. The van der Waals surface area contributed by atoms with Crippen molar-refractivity contribution in [1.82, 2.24) is 15.5 Å². The number of hydrogen-bond donors (Lipinski definition) is 2. The summed E-state index contributed by atoms with van der Waals surface area (Å²) in [4.78, 5) is 40.9. The van der Waals surface area contributed by atoms with Gasteiger partial charge in [-0.1, -0.05) is 42.0 Å². The number of aryl methyl sites for hydroxylation is 1. The molecule has 9 heteroatoms. The fourth-order valence-electron chi connectivity index (χ4n) is 4.13. The molecule has 0 bridgehead atoms. The van der Waals surface area contributed by atoms with E-state index < -0.39 is 29.9 Å². The zero-order valence-electron chi connectivity index (χ0n) is 18.7. The lowest BCUT2D eigenvalue weighted by molar-refractivity contribution is -0.135. The van der Waals surface area contributed by atoms with Crippen molar-refractivity contribution in [3.63, 3.8) is 0 Å². The van der Waals surface area contributed by atoms with Crippen LogP contribution in [0.4, 0.5) is 4.79 Å². The maximum absolute atomic E-state index is 13.3. The van der Waals surface area contributed by atoms with Crippen LogP contribution in [-0.4, -0.2) is 36.1 Å². The second-order valence-corrected chi connectivity index (χ2v) is 9.42. The molecule has 5 rings (SSSR count). The topological polar surface area (TPSA) is 97.0 Å². The summed E-state index contributed by atoms with van der Waals surface area (Å²) in [7, 11) is 0. The first-order valence-electron chi connectivity index (χ1n) is 10.8. The van der Waals surface area contributed by atoms with Crippen molar-refractivity contribution < 1.29 is 23.9 Å². The van der Waals surface area contributed by atoms with E-state index in [-0.39, 0.29) is 12.8 Å². The first kappa shape index (κ1) is 22.0. The maximum atomic E-state index is 13.3. The Kier molecular flexibility index (Phi) is 5.49. The molecule has 34 heavy (non-hydrogen) atoms. The Bertz CT molecular complexity index is 1260. The standard InChI is InChI=1S/C25H23N3O5S/c1-15-5-7-16(8-6-15)22(20-4-3-11-34-20)26-21(29)13-28-23(30)25(2,27-24(28)31)17-9-10-18-19(12-17)33-14-32-18/h3-12,22H,13-14H2,1-2H3,(H,26,29)(H,27,31). The molecule has 0 spiro atoms. The first-order valence-corrected chi connectivity index (χ1v) is 11.7. The van der Waals surface area contributed by atoms with Crippen molar-refractivity contribution in [2.45, 2.75) is 25.4 Å². The van der Waals surface area contributed by atoms with Crippen LogP contribution in [0.25, 0.3) is 0 Å². The van der Waals surface area contributed by atoms with Crippen LogP contribution < -0.4 is 20.1 Å². The van der Waals surface area contributed by atoms with Gasteiger partial charge in [0.2, 0.25) is 12.7 Å². The fourth-order valence-corrected chi connectivity index (χ4v) is 4.93. The van der Waals surface area contributed by atoms with E-state index in [1.165, 1.54) is 11.3 Å². The van der Waals surface area contributed by atoms with Gasteiger partial charge in [-0.15, -0.1) is 11.3 Å².